The second-order valence-electron chi connectivity index (χ2n) is 3.88. The number of benzene rings is 1. The minimum absolute atomic E-state index is 0.0746. The number of hydrogen-bond donors (Lipinski definition) is 2. The number of rotatable bonds is 3. The molecule has 0 aliphatic heterocycles. The molecule has 5 nitrogen and oxygen atoms in total. The van der Waals surface area contributed by atoms with Crippen LogP contribution in [-0.2, 0) is 16.0 Å². The molecule has 18 heavy (non-hydrogen) atoms. The summed E-state index contributed by atoms with van der Waals surface area (Å²) in [5.74, 6) is -0.334. The monoisotopic (exact) mass is 247 g/mol. The molecule has 0 saturated carbocycles. The van der Waals surface area contributed by atoms with Crippen molar-refractivity contribution in [3.8, 4) is 5.75 Å². The average Bonchev–Trinajstić information content (AvgIpc) is 2.31. The number of carbonyl (C=O) groups excluding carboxylic acids is 1. The molecule has 5 heteroatoms. The van der Waals surface area contributed by atoms with E-state index in [0.717, 1.165) is 0 Å². The van der Waals surface area contributed by atoms with E-state index in [2.05, 4.69) is 4.98 Å². The molecule has 0 atom stereocenters. The number of phenols is 1. The molecular formula is C13H13NO4. The van der Waals surface area contributed by atoms with Gasteiger partial charge in [0.1, 0.15) is 5.75 Å². The first-order chi connectivity index (χ1) is 8.60. The molecule has 2 N–H and O–H groups in total. The second-order valence-corrected chi connectivity index (χ2v) is 3.88. The van der Waals surface area contributed by atoms with Crippen LogP contribution in [0.5, 0.6) is 5.75 Å². The number of hydrogen-bond acceptors (Lipinski definition) is 4. The molecule has 1 aromatic heterocycles. The Hall–Kier alpha value is -2.30. The quantitative estimate of drug-likeness (QED) is 0.802. The van der Waals surface area contributed by atoms with Crippen molar-refractivity contribution in [2.24, 2.45) is 0 Å². The van der Waals surface area contributed by atoms with Gasteiger partial charge in [-0.3, -0.25) is 9.59 Å². The Balaban J connectivity index is 2.42. The van der Waals surface area contributed by atoms with E-state index in [9.17, 15) is 14.7 Å². The third-order valence-corrected chi connectivity index (χ3v) is 2.54. The van der Waals surface area contributed by atoms with Crippen molar-refractivity contribution in [2.75, 3.05) is 6.61 Å². The summed E-state index contributed by atoms with van der Waals surface area (Å²) in [6.07, 6.45) is -0.0746. The number of phenolic OH excluding ortho intramolecular Hbond substituents is 1. The van der Waals surface area contributed by atoms with Crippen molar-refractivity contribution in [1.82, 2.24) is 4.98 Å². The molecule has 0 saturated heterocycles. The van der Waals surface area contributed by atoms with E-state index in [-0.39, 0.29) is 24.3 Å². The summed E-state index contributed by atoms with van der Waals surface area (Å²) in [6.45, 7) is 1.99. The minimum Gasteiger partial charge on any atom is -0.508 e. The fourth-order valence-corrected chi connectivity index (χ4v) is 1.74. The molecule has 0 aliphatic rings. The predicted octanol–water partition coefficient (Wildman–Crippen LogP) is 1.34. The zero-order valence-corrected chi connectivity index (χ0v) is 9.90. The summed E-state index contributed by atoms with van der Waals surface area (Å²) < 4.78 is 4.80. The Kier molecular flexibility index (Phi) is 3.32. The lowest BCUT2D eigenvalue weighted by Crippen LogP contribution is -2.17. The van der Waals surface area contributed by atoms with Crippen LogP contribution in [0.3, 0.4) is 0 Å². The van der Waals surface area contributed by atoms with Crippen LogP contribution >= 0.6 is 0 Å². The fraction of sp³-hybridized carbons (Fsp3) is 0.231. The number of aromatic amines is 1. The van der Waals surface area contributed by atoms with Crippen LogP contribution in [0, 0.1) is 0 Å². The van der Waals surface area contributed by atoms with E-state index in [1.165, 1.54) is 12.1 Å². The summed E-state index contributed by atoms with van der Waals surface area (Å²) in [5.41, 5.74) is 0.623. The van der Waals surface area contributed by atoms with E-state index < -0.39 is 5.97 Å². The van der Waals surface area contributed by atoms with Gasteiger partial charge in [0.2, 0.25) is 0 Å². The average molecular weight is 247 g/mol. The number of fused-ring (bicyclic) bond motifs is 1. The van der Waals surface area contributed by atoms with Crippen molar-refractivity contribution < 1.29 is 14.6 Å². The standard InChI is InChI=1S/C13H13NO4/c1-2-18-12(16)7-9-5-8-6-10(15)3-4-11(8)14-13(9)17/h3-6,15H,2,7H2,1H3,(H,14,17). The van der Waals surface area contributed by atoms with E-state index >= 15 is 0 Å². The van der Waals surface area contributed by atoms with Gasteiger partial charge in [-0.2, -0.15) is 0 Å². The van der Waals surface area contributed by atoms with Gasteiger partial charge in [0, 0.05) is 16.5 Å². The number of ether oxygens (including phenoxy) is 1. The summed E-state index contributed by atoms with van der Waals surface area (Å²) >= 11 is 0. The lowest BCUT2D eigenvalue weighted by Gasteiger charge is -2.04. The van der Waals surface area contributed by atoms with Crippen molar-refractivity contribution >= 4 is 16.9 Å². The van der Waals surface area contributed by atoms with Gasteiger partial charge in [0.25, 0.3) is 5.56 Å². The first-order valence-electron chi connectivity index (χ1n) is 5.60. The van der Waals surface area contributed by atoms with Gasteiger partial charge in [-0.15, -0.1) is 0 Å². The van der Waals surface area contributed by atoms with Gasteiger partial charge < -0.3 is 14.8 Å². The maximum atomic E-state index is 11.7. The Bertz CT molecular complexity index is 645. The number of aromatic nitrogens is 1. The highest BCUT2D eigenvalue weighted by atomic mass is 16.5. The van der Waals surface area contributed by atoms with Gasteiger partial charge in [-0.25, -0.2) is 0 Å². The van der Waals surface area contributed by atoms with Gasteiger partial charge in [-0.1, -0.05) is 0 Å². The predicted molar refractivity (Wildman–Crippen MR) is 66.6 cm³/mol. The Morgan fingerprint density at radius 1 is 1.39 bits per heavy atom. The largest absolute Gasteiger partial charge is 0.508 e. The van der Waals surface area contributed by atoms with Crippen LogP contribution in [0.2, 0.25) is 0 Å². The van der Waals surface area contributed by atoms with Crippen molar-refractivity contribution in [3.05, 3.63) is 40.2 Å². The lowest BCUT2D eigenvalue weighted by molar-refractivity contribution is -0.142. The zero-order valence-electron chi connectivity index (χ0n) is 9.90. The fourth-order valence-electron chi connectivity index (χ4n) is 1.74. The number of esters is 1. The molecule has 0 radical (unpaired) electrons. The molecule has 0 fully saturated rings. The van der Waals surface area contributed by atoms with Crippen LogP contribution in [0.4, 0.5) is 0 Å². The number of pyridine rings is 1. The van der Waals surface area contributed by atoms with Crippen molar-refractivity contribution in [3.63, 3.8) is 0 Å². The number of carbonyl (C=O) groups is 1. The lowest BCUT2D eigenvalue weighted by atomic mass is 10.1. The molecule has 1 heterocycles. The van der Waals surface area contributed by atoms with Gasteiger partial charge in [-0.05, 0) is 31.2 Å². The zero-order chi connectivity index (χ0) is 13.1. The molecule has 0 aliphatic carbocycles. The smallest absolute Gasteiger partial charge is 0.310 e. The number of H-pyrrole nitrogens is 1. The van der Waals surface area contributed by atoms with Crippen LogP contribution in [0.1, 0.15) is 12.5 Å². The summed E-state index contributed by atoms with van der Waals surface area (Å²) in [5, 5.41) is 10.0. The normalized spacial score (nSPS) is 10.5. The maximum Gasteiger partial charge on any atom is 0.310 e. The second kappa shape index (κ2) is 4.91. The molecule has 0 spiro atoms. The van der Waals surface area contributed by atoms with Crippen LogP contribution in [0.15, 0.2) is 29.1 Å². The Morgan fingerprint density at radius 2 is 2.17 bits per heavy atom. The highest BCUT2D eigenvalue weighted by Crippen LogP contribution is 2.17. The molecule has 0 amide bonds. The Labute approximate surface area is 103 Å². The van der Waals surface area contributed by atoms with E-state index in [1.807, 2.05) is 0 Å². The van der Waals surface area contributed by atoms with Gasteiger partial charge >= 0.3 is 5.97 Å². The molecule has 94 valence electrons. The summed E-state index contributed by atoms with van der Waals surface area (Å²) in [6, 6.07) is 6.22. The third kappa shape index (κ3) is 2.51. The van der Waals surface area contributed by atoms with Gasteiger partial charge in [0.05, 0.1) is 13.0 Å². The maximum absolute atomic E-state index is 11.7. The SMILES string of the molecule is CCOC(=O)Cc1cc2cc(O)ccc2[nH]c1=O. The molecule has 1 aromatic carbocycles. The number of aromatic hydroxyl groups is 1. The third-order valence-electron chi connectivity index (χ3n) is 2.54. The van der Waals surface area contributed by atoms with Crippen molar-refractivity contribution in [2.45, 2.75) is 13.3 Å². The van der Waals surface area contributed by atoms with Crippen LogP contribution in [0.25, 0.3) is 10.9 Å². The highest BCUT2D eigenvalue weighted by molar-refractivity contribution is 5.82. The molecular weight excluding hydrogens is 234 g/mol. The van der Waals surface area contributed by atoms with Crippen LogP contribution < -0.4 is 5.56 Å². The van der Waals surface area contributed by atoms with Gasteiger partial charge in [0.15, 0.2) is 0 Å². The topological polar surface area (TPSA) is 79.4 Å². The summed E-state index contributed by atoms with van der Waals surface area (Å²) in [7, 11) is 0. The summed E-state index contributed by atoms with van der Waals surface area (Å²) in [4.78, 5) is 25.7. The molecule has 2 rings (SSSR count). The van der Waals surface area contributed by atoms with Crippen LogP contribution in [-0.4, -0.2) is 22.7 Å². The minimum atomic E-state index is -0.442. The van der Waals surface area contributed by atoms with E-state index in [0.29, 0.717) is 16.5 Å². The highest BCUT2D eigenvalue weighted by Gasteiger charge is 2.09. The first-order valence-corrected chi connectivity index (χ1v) is 5.60. The molecule has 0 bridgehead atoms. The van der Waals surface area contributed by atoms with E-state index in [4.69, 9.17) is 4.74 Å². The molecule has 0 unspecified atom stereocenters. The van der Waals surface area contributed by atoms with E-state index in [1.54, 1.807) is 19.1 Å². The Morgan fingerprint density at radius 3 is 2.89 bits per heavy atom. The molecule has 2 aromatic rings. The van der Waals surface area contributed by atoms with Crippen molar-refractivity contribution in [1.29, 1.82) is 0 Å². The number of nitrogens with one attached hydrogen (secondary N) is 1. The first kappa shape index (κ1) is 12.2.